The van der Waals surface area contributed by atoms with Gasteiger partial charge in [0.15, 0.2) is 0 Å². The van der Waals surface area contributed by atoms with Crippen LogP contribution in [0.1, 0.15) is 12.0 Å². The number of fused-ring (bicyclic) bond motifs is 1. The van der Waals surface area contributed by atoms with E-state index in [2.05, 4.69) is 10.2 Å². The Balaban J connectivity index is 1.71. The number of urea groups is 1. The van der Waals surface area contributed by atoms with Crippen LogP contribution in [0.4, 0.5) is 23.7 Å². The van der Waals surface area contributed by atoms with Crippen LogP contribution < -0.4 is 5.32 Å². The molecule has 2 saturated heterocycles. The average Bonchev–Trinajstić information content (AvgIpc) is 3.03. The minimum atomic E-state index is -4.47. The lowest BCUT2D eigenvalue weighted by Gasteiger charge is -2.21. The van der Waals surface area contributed by atoms with Gasteiger partial charge in [0.25, 0.3) is 0 Å². The number of carbonyl (C=O) groups excluding carboxylic acids is 1. The lowest BCUT2D eigenvalue weighted by molar-refractivity contribution is -0.137. The number of likely N-dealkylation sites (tertiary alicyclic amines) is 2. The second kappa shape index (κ2) is 5.87. The van der Waals surface area contributed by atoms with Crippen LogP contribution in [0, 0.1) is 5.92 Å². The molecule has 4 nitrogen and oxygen atoms in total. The molecule has 23 heavy (non-hydrogen) atoms. The van der Waals surface area contributed by atoms with Gasteiger partial charge in [-0.25, -0.2) is 4.79 Å². The summed E-state index contributed by atoms with van der Waals surface area (Å²) in [5.41, 5.74) is -0.855. The van der Waals surface area contributed by atoms with Gasteiger partial charge >= 0.3 is 12.2 Å². The zero-order valence-corrected chi connectivity index (χ0v) is 13.3. The molecule has 0 unspecified atom stereocenters. The topological polar surface area (TPSA) is 35.6 Å². The summed E-state index contributed by atoms with van der Waals surface area (Å²) < 4.78 is 38.3. The Labute approximate surface area is 137 Å². The summed E-state index contributed by atoms with van der Waals surface area (Å²) in [7, 11) is 2.02. The molecule has 2 atom stereocenters. The van der Waals surface area contributed by atoms with E-state index in [1.165, 1.54) is 0 Å². The van der Waals surface area contributed by atoms with Gasteiger partial charge in [0.1, 0.15) is 0 Å². The Morgan fingerprint density at radius 2 is 2.09 bits per heavy atom. The number of benzene rings is 1. The van der Waals surface area contributed by atoms with Crippen molar-refractivity contribution >= 4 is 23.3 Å². The van der Waals surface area contributed by atoms with Gasteiger partial charge in [-0.1, -0.05) is 11.6 Å². The van der Waals surface area contributed by atoms with Crippen molar-refractivity contribution in [2.75, 3.05) is 32.0 Å². The standard InChI is InChI=1S/C15H17ClF3N3O/c1-21-5-4-9-7-22(8-13(9)21)14(23)20-12-6-10(15(17,18)19)2-3-11(12)16/h2-3,6,9,13H,4-5,7-8H2,1H3,(H,20,23)/t9-,13+/m0/s1. The smallest absolute Gasteiger partial charge is 0.323 e. The first kappa shape index (κ1) is 16.4. The molecular formula is C15H17ClF3N3O. The molecule has 2 aliphatic heterocycles. The first-order valence-electron chi connectivity index (χ1n) is 7.38. The Morgan fingerprint density at radius 3 is 2.74 bits per heavy atom. The number of rotatable bonds is 1. The molecule has 0 bridgehead atoms. The molecule has 2 aliphatic rings. The van der Waals surface area contributed by atoms with Crippen molar-refractivity contribution in [3.63, 3.8) is 0 Å². The van der Waals surface area contributed by atoms with Gasteiger partial charge in [0, 0.05) is 19.1 Å². The molecule has 3 rings (SSSR count). The highest BCUT2D eigenvalue weighted by Crippen LogP contribution is 2.35. The maximum atomic E-state index is 12.8. The molecule has 1 aromatic carbocycles. The fraction of sp³-hybridized carbons (Fsp3) is 0.533. The summed E-state index contributed by atoms with van der Waals surface area (Å²) in [6.45, 7) is 2.23. The number of likely N-dealkylation sites (N-methyl/N-ethyl adjacent to an activating group) is 1. The highest BCUT2D eigenvalue weighted by atomic mass is 35.5. The third kappa shape index (κ3) is 3.26. The summed E-state index contributed by atoms with van der Waals surface area (Å²) >= 11 is 5.91. The zero-order chi connectivity index (χ0) is 16.8. The van der Waals surface area contributed by atoms with E-state index in [1.807, 2.05) is 7.05 Å². The SMILES string of the molecule is CN1CC[C@H]2CN(C(=O)Nc3cc(C(F)(F)F)ccc3Cl)C[C@H]21. The molecule has 0 spiro atoms. The van der Waals surface area contributed by atoms with Crippen molar-refractivity contribution in [1.29, 1.82) is 0 Å². The number of amides is 2. The lowest BCUT2D eigenvalue weighted by atomic mass is 10.1. The Morgan fingerprint density at radius 1 is 1.35 bits per heavy atom. The number of anilines is 1. The lowest BCUT2D eigenvalue weighted by Crippen LogP contribution is -2.37. The van der Waals surface area contributed by atoms with Crippen LogP contribution in [0.2, 0.25) is 5.02 Å². The van der Waals surface area contributed by atoms with E-state index in [4.69, 9.17) is 11.6 Å². The van der Waals surface area contributed by atoms with E-state index in [0.29, 0.717) is 25.0 Å². The fourth-order valence-corrected chi connectivity index (χ4v) is 3.49. The van der Waals surface area contributed by atoms with Crippen LogP contribution in [0.15, 0.2) is 18.2 Å². The second-order valence-corrected chi connectivity index (χ2v) is 6.53. The number of halogens is 4. The van der Waals surface area contributed by atoms with Crippen molar-refractivity contribution < 1.29 is 18.0 Å². The number of hydrogen-bond donors (Lipinski definition) is 1. The molecule has 0 saturated carbocycles. The third-order valence-corrected chi connectivity index (χ3v) is 4.98. The van der Waals surface area contributed by atoms with E-state index >= 15 is 0 Å². The number of carbonyl (C=O) groups is 1. The van der Waals surface area contributed by atoms with Gasteiger partial charge in [0.2, 0.25) is 0 Å². The van der Waals surface area contributed by atoms with Crippen molar-refractivity contribution in [3.8, 4) is 0 Å². The highest BCUT2D eigenvalue weighted by Gasteiger charge is 2.41. The molecule has 2 amide bonds. The number of nitrogens with one attached hydrogen (secondary N) is 1. The molecule has 1 aromatic rings. The highest BCUT2D eigenvalue weighted by molar-refractivity contribution is 6.33. The summed E-state index contributed by atoms with van der Waals surface area (Å²) in [6.07, 6.45) is -3.44. The summed E-state index contributed by atoms with van der Waals surface area (Å²) in [5.74, 6) is 0.433. The predicted octanol–water partition coefficient (Wildman–Crippen LogP) is 3.53. The number of nitrogens with zero attached hydrogens (tertiary/aromatic N) is 2. The van der Waals surface area contributed by atoms with Crippen molar-refractivity contribution in [2.24, 2.45) is 5.92 Å². The van der Waals surface area contributed by atoms with Crippen molar-refractivity contribution in [2.45, 2.75) is 18.6 Å². The van der Waals surface area contributed by atoms with E-state index in [-0.39, 0.29) is 10.7 Å². The Bertz CT molecular complexity index is 622. The normalized spacial score (nSPS) is 24.8. The molecule has 2 fully saturated rings. The number of alkyl halides is 3. The van der Waals surface area contributed by atoms with Crippen LogP contribution in [0.5, 0.6) is 0 Å². The number of hydrogen-bond acceptors (Lipinski definition) is 2. The summed E-state index contributed by atoms with van der Waals surface area (Å²) in [6, 6.07) is 2.83. The quantitative estimate of drug-likeness (QED) is 0.843. The average molecular weight is 348 g/mol. The second-order valence-electron chi connectivity index (χ2n) is 6.12. The van der Waals surface area contributed by atoms with Crippen LogP contribution in [0.3, 0.4) is 0 Å². The van der Waals surface area contributed by atoms with Crippen LogP contribution in [-0.4, -0.2) is 48.6 Å². The van der Waals surface area contributed by atoms with Gasteiger partial charge in [-0.3, -0.25) is 0 Å². The van der Waals surface area contributed by atoms with Crippen LogP contribution >= 0.6 is 11.6 Å². The van der Waals surface area contributed by atoms with Crippen molar-refractivity contribution in [3.05, 3.63) is 28.8 Å². The maximum Gasteiger partial charge on any atom is 0.416 e. The minimum absolute atomic E-state index is 0.0168. The first-order chi connectivity index (χ1) is 10.8. The Hall–Kier alpha value is -1.47. The van der Waals surface area contributed by atoms with Gasteiger partial charge < -0.3 is 15.1 Å². The molecule has 1 N–H and O–H groups in total. The molecular weight excluding hydrogens is 331 g/mol. The predicted molar refractivity (Wildman–Crippen MR) is 81.6 cm³/mol. The molecule has 0 aliphatic carbocycles. The van der Waals surface area contributed by atoms with Gasteiger partial charge in [-0.15, -0.1) is 0 Å². The Kier molecular flexibility index (Phi) is 4.18. The van der Waals surface area contributed by atoms with Crippen LogP contribution in [0.25, 0.3) is 0 Å². The van der Waals surface area contributed by atoms with E-state index < -0.39 is 17.8 Å². The fourth-order valence-electron chi connectivity index (χ4n) is 3.33. The monoisotopic (exact) mass is 347 g/mol. The molecule has 8 heteroatoms. The van der Waals surface area contributed by atoms with E-state index in [9.17, 15) is 18.0 Å². The maximum absolute atomic E-state index is 12.8. The van der Waals surface area contributed by atoms with E-state index in [1.54, 1.807) is 4.90 Å². The summed E-state index contributed by atoms with van der Waals surface area (Å²) in [4.78, 5) is 16.2. The van der Waals surface area contributed by atoms with E-state index in [0.717, 1.165) is 31.2 Å². The first-order valence-corrected chi connectivity index (χ1v) is 7.76. The van der Waals surface area contributed by atoms with Crippen LogP contribution in [-0.2, 0) is 6.18 Å². The molecule has 0 aromatic heterocycles. The van der Waals surface area contributed by atoms with Gasteiger partial charge in [-0.2, -0.15) is 13.2 Å². The molecule has 2 heterocycles. The largest absolute Gasteiger partial charge is 0.416 e. The van der Waals surface area contributed by atoms with Gasteiger partial charge in [-0.05, 0) is 44.1 Å². The summed E-state index contributed by atoms with van der Waals surface area (Å²) in [5, 5.41) is 2.59. The molecule has 0 radical (unpaired) electrons. The molecule has 126 valence electrons. The van der Waals surface area contributed by atoms with Crippen molar-refractivity contribution in [1.82, 2.24) is 9.80 Å². The minimum Gasteiger partial charge on any atom is -0.323 e. The third-order valence-electron chi connectivity index (χ3n) is 4.65. The zero-order valence-electron chi connectivity index (χ0n) is 12.5. The van der Waals surface area contributed by atoms with Gasteiger partial charge in [0.05, 0.1) is 16.3 Å².